The van der Waals surface area contributed by atoms with Crippen LogP contribution in [0, 0.1) is 13.8 Å². The molecule has 136 valence electrons. The molecule has 1 aliphatic heterocycles. The molecule has 2 rings (SSSR count). The fraction of sp³-hybridized carbons (Fsp3) is 0.765. The van der Waals surface area contributed by atoms with Crippen molar-refractivity contribution in [3.05, 3.63) is 15.6 Å². The van der Waals surface area contributed by atoms with Crippen LogP contribution in [-0.4, -0.2) is 67.8 Å². The number of guanidine groups is 1. The molecule has 1 aliphatic rings. The van der Waals surface area contributed by atoms with Gasteiger partial charge in [0.1, 0.15) is 0 Å². The molecule has 1 atom stereocenters. The van der Waals surface area contributed by atoms with Crippen molar-refractivity contribution in [3.8, 4) is 0 Å². The van der Waals surface area contributed by atoms with E-state index in [0.717, 1.165) is 64.0 Å². The van der Waals surface area contributed by atoms with E-state index in [-0.39, 0.29) is 0 Å². The van der Waals surface area contributed by atoms with Gasteiger partial charge in [-0.1, -0.05) is 0 Å². The van der Waals surface area contributed by atoms with Crippen LogP contribution in [0.3, 0.4) is 0 Å². The molecule has 0 spiro atoms. The number of nitrogens with one attached hydrogen (secondary N) is 2. The molecule has 1 saturated heterocycles. The summed E-state index contributed by atoms with van der Waals surface area (Å²) in [6.45, 7) is 14.7. The van der Waals surface area contributed by atoms with Gasteiger partial charge in [-0.2, -0.15) is 0 Å². The molecular formula is C17H31N5OS. The number of morpholine rings is 1. The Morgan fingerprint density at radius 2 is 2.08 bits per heavy atom. The molecule has 7 heteroatoms. The topological polar surface area (TPSA) is 61.8 Å². The Balaban J connectivity index is 1.79. The second kappa shape index (κ2) is 9.96. The van der Waals surface area contributed by atoms with Crippen molar-refractivity contribution in [1.29, 1.82) is 0 Å². The molecule has 0 radical (unpaired) electrons. The first-order valence-corrected chi connectivity index (χ1v) is 9.68. The van der Waals surface area contributed by atoms with Gasteiger partial charge in [-0.3, -0.25) is 9.89 Å². The van der Waals surface area contributed by atoms with Crippen molar-refractivity contribution in [2.24, 2.45) is 4.99 Å². The van der Waals surface area contributed by atoms with Crippen LogP contribution in [0.4, 0.5) is 0 Å². The van der Waals surface area contributed by atoms with Gasteiger partial charge in [0, 0.05) is 43.5 Å². The summed E-state index contributed by atoms with van der Waals surface area (Å²) in [5, 5.41) is 7.93. The van der Waals surface area contributed by atoms with Crippen LogP contribution >= 0.6 is 11.3 Å². The average molecular weight is 354 g/mol. The maximum Gasteiger partial charge on any atom is 0.191 e. The number of hydrogen-bond acceptors (Lipinski definition) is 5. The second-order valence-corrected chi connectivity index (χ2v) is 7.43. The van der Waals surface area contributed by atoms with Gasteiger partial charge in [-0.15, -0.1) is 11.3 Å². The molecule has 6 nitrogen and oxygen atoms in total. The number of hydrogen-bond donors (Lipinski definition) is 2. The van der Waals surface area contributed by atoms with Gasteiger partial charge in [0.05, 0.1) is 30.5 Å². The summed E-state index contributed by atoms with van der Waals surface area (Å²) in [6, 6.07) is 0.439. The fourth-order valence-electron chi connectivity index (χ4n) is 2.63. The van der Waals surface area contributed by atoms with Crippen molar-refractivity contribution >= 4 is 17.3 Å². The van der Waals surface area contributed by atoms with E-state index in [4.69, 9.17) is 9.73 Å². The monoisotopic (exact) mass is 353 g/mol. The first kappa shape index (κ1) is 19.1. The van der Waals surface area contributed by atoms with Crippen LogP contribution < -0.4 is 10.6 Å². The maximum atomic E-state index is 5.41. The van der Waals surface area contributed by atoms with E-state index in [1.165, 1.54) is 9.88 Å². The van der Waals surface area contributed by atoms with E-state index in [1.807, 2.05) is 0 Å². The number of ether oxygens (including phenoxy) is 1. The quantitative estimate of drug-likeness (QED) is 0.576. The lowest BCUT2D eigenvalue weighted by Gasteiger charge is -2.31. The third-order valence-electron chi connectivity index (χ3n) is 4.23. The number of rotatable bonds is 7. The van der Waals surface area contributed by atoms with Crippen LogP contribution in [-0.2, 0) is 11.2 Å². The van der Waals surface area contributed by atoms with Gasteiger partial charge in [0.25, 0.3) is 0 Å². The number of aromatic nitrogens is 1. The van der Waals surface area contributed by atoms with Crippen LogP contribution in [0.25, 0.3) is 0 Å². The largest absolute Gasteiger partial charge is 0.379 e. The molecule has 0 amide bonds. The van der Waals surface area contributed by atoms with Gasteiger partial charge in [0.15, 0.2) is 5.96 Å². The summed E-state index contributed by atoms with van der Waals surface area (Å²) < 4.78 is 5.41. The first-order valence-electron chi connectivity index (χ1n) is 8.87. The molecule has 0 bridgehead atoms. The first-order chi connectivity index (χ1) is 11.6. The second-order valence-electron chi connectivity index (χ2n) is 6.14. The summed E-state index contributed by atoms with van der Waals surface area (Å²) in [4.78, 5) is 13.1. The highest BCUT2D eigenvalue weighted by Crippen LogP contribution is 2.16. The van der Waals surface area contributed by atoms with Crippen LogP contribution in [0.5, 0.6) is 0 Å². The Bertz CT molecular complexity index is 506. The SMILES string of the molecule is CCNC(=NCC(C)N1CCOCC1)NCCc1nc(C)c(C)s1. The lowest BCUT2D eigenvalue weighted by molar-refractivity contribution is 0.0220. The standard InChI is InChI=1S/C17H31N5OS/c1-5-18-17(19-7-6-16-21-14(3)15(4)24-16)20-12-13(2)22-8-10-23-11-9-22/h13H,5-12H2,1-4H3,(H2,18,19,20). The molecule has 2 heterocycles. The zero-order valence-electron chi connectivity index (χ0n) is 15.4. The smallest absolute Gasteiger partial charge is 0.191 e. The van der Waals surface area contributed by atoms with E-state index in [0.29, 0.717) is 6.04 Å². The molecule has 1 aromatic heterocycles. The lowest BCUT2D eigenvalue weighted by Crippen LogP contribution is -2.44. The van der Waals surface area contributed by atoms with Crippen molar-refractivity contribution in [2.75, 3.05) is 45.9 Å². The van der Waals surface area contributed by atoms with Gasteiger partial charge < -0.3 is 15.4 Å². The summed E-state index contributed by atoms with van der Waals surface area (Å²) in [5.41, 5.74) is 1.15. The molecule has 0 saturated carbocycles. The van der Waals surface area contributed by atoms with Crippen molar-refractivity contribution < 1.29 is 4.74 Å². The van der Waals surface area contributed by atoms with E-state index in [2.05, 4.69) is 48.2 Å². The molecular weight excluding hydrogens is 322 g/mol. The minimum Gasteiger partial charge on any atom is -0.379 e. The van der Waals surface area contributed by atoms with Gasteiger partial charge in [-0.05, 0) is 27.7 Å². The Kier molecular flexibility index (Phi) is 7.94. The summed E-state index contributed by atoms with van der Waals surface area (Å²) in [6.07, 6.45) is 0.933. The minimum absolute atomic E-state index is 0.439. The van der Waals surface area contributed by atoms with Crippen LogP contribution in [0.15, 0.2) is 4.99 Å². The highest BCUT2D eigenvalue weighted by Gasteiger charge is 2.16. The number of aryl methyl sites for hydroxylation is 2. The Labute approximate surface area is 149 Å². The normalized spacial score (nSPS) is 17.8. The number of thiazole rings is 1. The van der Waals surface area contributed by atoms with E-state index < -0.39 is 0 Å². The molecule has 1 unspecified atom stereocenters. The van der Waals surface area contributed by atoms with Crippen LogP contribution in [0.1, 0.15) is 29.4 Å². The molecule has 1 fully saturated rings. The van der Waals surface area contributed by atoms with Crippen LogP contribution in [0.2, 0.25) is 0 Å². The van der Waals surface area contributed by atoms with Gasteiger partial charge in [-0.25, -0.2) is 4.98 Å². The molecule has 1 aromatic rings. The van der Waals surface area contributed by atoms with Gasteiger partial charge >= 0.3 is 0 Å². The van der Waals surface area contributed by atoms with Crippen molar-refractivity contribution in [1.82, 2.24) is 20.5 Å². The number of nitrogens with zero attached hydrogens (tertiary/aromatic N) is 3. The Morgan fingerprint density at radius 1 is 1.33 bits per heavy atom. The number of aliphatic imine (C=N–C) groups is 1. The zero-order chi connectivity index (χ0) is 17.4. The van der Waals surface area contributed by atoms with E-state index in [1.54, 1.807) is 11.3 Å². The van der Waals surface area contributed by atoms with E-state index in [9.17, 15) is 0 Å². The highest BCUT2D eigenvalue weighted by atomic mass is 32.1. The lowest BCUT2D eigenvalue weighted by atomic mass is 10.2. The molecule has 2 N–H and O–H groups in total. The fourth-order valence-corrected chi connectivity index (χ4v) is 3.57. The predicted octanol–water partition coefficient (Wildman–Crippen LogP) is 1.58. The maximum absolute atomic E-state index is 5.41. The van der Waals surface area contributed by atoms with Gasteiger partial charge in [0.2, 0.25) is 0 Å². The predicted molar refractivity (Wildman–Crippen MR) is 101 cm³/mol. The minimum atomic E-state index is 0.439. The Hall–Kier alpha value is -1.18. The third-order valence-corrected chi connectivity index (χ3v) is 5.36. The summed E-state index contributed by atoms with van der Waals surface area (Å²) in [7, 11) is 0. The molecule has 0 aliphatic carbocycles. The zero-order valence-corrected chi connectivity index (χ0v) is 16.2. The van der Waals surface area contributed by atoms with Crippen molar-refractivity contribution in [2.45, 2.75) is 40.2 Å². The third kappa shape index (κ3) is 6.03. The average Bonchev–Trinajstić information content (AvgIpc) is 2.91. The summed E-state index contributed by atoms with van der Waals surface area (Å²) >= 11 is 1.79. The Morgan fingerprint density at radius 3 is 2.71 bits per heavy atom. The molecule has 24 heavy (non-hydrogen) atoms. The summed E-state index contributed by atoms with van der Waals surface area (Å²) in [5.74, 6) is 0.891. The van der Waals surface area contributed by atoms with Crippen molar-refractivity contribution in [3.63, 3.8) is 0 Å². The van der Waals surface area contributed by atoms with E-state index >= 15 is 0 Å². The highest BCUT2D eigenvalue weighted by molar-refractivity contribution is 7.11. The molecule has 0 aromatic carbocycles.